The molecule has 1 heterocycles. The summed E-state index contributed by atoms with van der Waals surface area (Å²) in [5, 5.41) is 0. The minimum atomic E-state index is 0.0347. The Morgan fingerprint density at radius 2 is 1.79 bits per heavy atom. The zero-order valence-corrected chi connectivity index (χ0v) is 10.5. The van der Waals surface area contributed by atoms with Crippen molar-refractivity contribution in [3.05, 3.63) is 0 Å². The monoisotopic (exact) mass is 203 g/mol. The van der Waals surface area contributed by atoms with Gasteiger partial charge >= 0.3 is 0 Å². The van der Waals surface area contributed by atoms with Crippen LogP contribution >= 0.6 is 0 Å². The lowest BCUT2D eigenvalue weighted by molar-refractivity contribution is -0.132. The van der Waals surface area contributed by atoms with Gasteiger partial charge in [-0.3, -0.25) is 4.79 Å². The maximum absolute atomic E-state index is 11.2. The smallest absolute Gasteiger partial charge is 0.227 e. The van der Waals surface area contributed by atoms with Gasteiger partial charge in [0.1, 0.15) is 0 Å². The van der Waals surface area contributed by atoms with Crippen molar-refractivity contribution < 1.29 is 9.53 Å². The van der Waals surface area contributed by atoms with E-state index in [1.54, 1.807) is 4.90 Å². The van der Waals surface area contributed by atoms with Gasteiger partial charge in [0.05, 0.1) is 19.1 Å². The van der Waals surface area contributed by atoms with Crippen LogP contribution in [0.3, 0.4) is 0 Å². The first kappa shape index (κ1) is 15.9. The summed E-state index contributed by atoms with van der Waals surface area (Å²) in [5.74, 6) is 0.227. The SMILES string of the molecule is CC.CC.CC1COCCN(C)C1=O. The number of carbonyl (C=O) groups excluding carboxylic acids is 1. The average Bonchev–Trinajstić information content (AvgIpc) is 2.40. The molecule has 3 nitrogen and oxygen atoms in total. The van der Waals surface area contributed by atoms with Crippen molar-refractivity contribution in [2.24, 2.45) is 5.92 Å². The number of carbonyl (C=O) groups is 1. The van der Waals surface area contributed by atoms with Gasteiger partial charge in [-0.15, -0.1) is 0 Å². The van der Waals surface area contributed by atoms with E-state index in [-0.39, 0.29) is 11.8 Å². The molecule has 1 aliphatic rings. The molecule has 0 aromatic rings. The standard InChI is InChI=1S/C7H13NO2.2C2H6/c1-6-5-10-4-3-8(2)7(6)9;2*1-2/h6H,3-5H2,1-2H3;2*1-2H3. The van der Waals surface area contributed by atoms with E-state index in [2.05, 4.69) is 0 Å². The van der Waals surface area contributed by atoms with Crippen LogP contribution in [0.15, 0.2) is 0 Å². The summed E-state index contributed by atoms with van der Waals surface area (Å²) in [6.07, 6.45) is 0. The molecule has 1 fully saturated rings. The molecule has 0 spiro atoms. The summed E-state index contributed by atoms with van der Waals surface area (Å²) < 4.78 is 5.19. The first-order valence-corrected chi connectivity index (χ1v) is 5.54. The largest absolute Gasteiger partial charge is 0.379 e. The average molecular weight is 203 g/mol. The Kier molecular flexibility index (Phi) is 11.9. The van der Waals surface area contributed by atoms with Crippen LogP contribution in [0.5, 0.6) is 0 Å². The lowest BCUT2D eigenvalue weighted by Crippen LogP contribution is -2.31. The molecule has 0 aromatic heterocycles. The van der Waals surface area contributed by atoms with Gasteiger partial charge in [-0.1, -0.05) is 34.6 Å². The Morgan fingerprint density at radius 1 is 1.29 bits per heavy atom. The zero-order chi connectivity index (χ0) is 11.6. The first-order valence-electron chi connectivity index (χ1n) is 5.54. The molecule has 0 radical (unpaired) electrons. The summed E-state index contributed by atoms with van der Waals surface area (Å²) >= 11 is 0. The fourth-order valence-corrected chi connectivity index (χ4v) is 1.02. The van der Waals surface area contributed by atoms with Crippen LogP contribution in [0, 0.1) is 5.92 Å². The van der Waals surface area contributed by atoms with Gasteiger partial charge < -0.3 is 9.64 Å². The van der Waals surface area contributed by atoms with Crippen LogP contribution in [0.4, 0.5) is 0 Å². The first-order chi connectivity index (χ1) is 6.72. The van der Waals surface area contributed by atoms with Crippen molar-refractivity contribution in [2.45, 2.75) is 34.6 Å². The van der Waals surface area contributed by atoms with Crippen molar-refractivity contribution in [3.8, 4) is 0 Å². The highest BCUT2D eigenvalue weighted by molar-refractivity contribution is 5.78. The van der Waals surface area contributed by atoms with Gasteiger partial charge in [-0.25, -0.2) is 0 Å². The van der Waals surface area contributed by atoms with Crippen molar-refractivity contribution >= 4 is 5.91 Å². The fourth-order valence-electron chi connectivity index (χ4n) is 1.02. The van der Waals surface area contributed by atoms with Crippen molar-refractivity contribution in [1.82, 2.24) is 4.90 Å². The highest BCUT2D eigenvalue weighted by atomic mass is 16.5. The molecule has 1 unspecified atom stereocenters. The third kappa shape index (κ3) is 5.97. The number of hydrogen-bond acceptors (Lipinski definition) is 2. The molecule has 0 bridgehead atoms. The minimum Gasteiger partial charge on any atom is -0.379 e. The summed E-state index contributed by atoms with van der Waals surface area (Å²) in [6.45, 7) is 11.9. The van der Waals surface area contributed by atoms with Crippen LogP contribution in [0.25, 0.3) is 0 Å². The normalized spacial score (nSPS) is 21.1. The molecular formula is C11H25NO2. The number of ether oxygens (including phenoxy) is 1. The molecule has 0 aromatic carbocycles. The molecular weight excluding hydrogens is 178 g/mol. The van der Waals surface area contributed by atoms with Crippen LogP contribution in [-0.4, -0.2) is 37.6 Å². The van der Waals surface area contributed by atoms with E-state index in [1.807, 2.05) is 41.7 Å². The lowest BCUT2D eigenvalue weighted by atomic mass is 10.2. The second kappa shape index (κ2) is 10.5. The van der Waals surface area contributed by atoms with Gasteiger partial charge in [0.15, 0.2) is 0 Å². The van der Waals surface area contributed by atoms with Crippen molar-refractivity contribution in [3.63, 3.8) is 0 Å². The second-order valence-corrected chi connectivity index (χ2v) is 2.74. The van der Waals surface area contributed by atoms with E-state index in [0.29, 0.717) is 13.2 Å². The number of likely N-dealkylation sites (N-methyl/N-ethyl adjacent to an activating group) is 1. The molecule has 0 saturated carbocycles. The van der Waals surface area contributed by atoms with E-state index in [0.717, 1.165) is 6.54 Å². The maximum Gasteiger partial charge on any atom is 0.227 e. The van der Waals surface area contributed by atoms with Crippen LogP contribution in [-0.2, 0) is 9.53 Å². The van der Waals surface area contributed by atoms with Crippen LogP contribution in [0.1, 0.15) is 34.6 Å². The molecule has 86 valence electrons. The molecule has 3 heteroatoms. The van der Waals surface area contributed by atoms with Gasteiger partial charge in [-0.05, 0) is 0 Å². The highest BCUT2D eigenvalue weighted by Gasteiger charge is 2.20. The molecule has 0 N–H and O–H groups in total. The van der Waals surface area contributed by atoms with E-state index in [4.69, 9.17) is 4.74 Å². The summed E-state index contributed by atoms with van der Waals surface area (Å²) in [6, 6.07) is 0. The molecule has 1 rings (SSSR count). The predicted molar refractivity (Wildman–Crippen MR) is 60.3 cm³/mol. The second-order valence-electron chi connectivity index (χ2n) is 2.74. The number of hydrogen-bond donors (Lipinski definition) is 0. The van der Waals surface area contributed by atoms with Gasteiger partial charge in [0, 0.05) is 13.6 Å². The van der Waals surface area contributed by atoms with Gasteiger partial charge in [0.2, 0.25) is 5.91 Å². The third-order valence-electron chi connectivity index (χ3n) is 1.74. The molecule has 0 aliphatic carbocycles. The Balaban J connectivity index is 0. The topological polar surface area (TPSA) is 29.5 Å². The summed E-state index contributed by atoms with van der Waals surface area (Å²) in [5.41, 5.74) is 0. The molecule has 1 atom stereocenters. The van der Waals surface area contributed by atoms with Gasteiger partial charge in [-0.2, -0.15) is 0 Å². The van der Waals surface area contributed by atoms with Crippen LogP contribution < -0.4 is 0 Å². The Bertz CT molecular complexity index is 123. The van der Waals surface area contributed by atoms with Crippen LogP contribution in [0.2, 0.25) is 0 Å². The lowest BCUT2D eigenvalue weighted by Gasteiger charge is -2.14. The number of amides is 1. The Labute approximate surface area is 88.4 Å². The minimum absolute atomic E-state index is 0.0347. The highest BCUT2D eigenvalue weighted by Crippen LogP contribution is 2.05. The summed E-state index contributed by atoms with van der Waals surface area (Å²) in [7, 11) is 1.81. The number of rotatable bonds is 0. The predicted octanol–water partition coefficient (Wildman–Crippen LogP) is 2.16. The van der Waals surface area contributed by atoms with E-state index >= 15 is 0 Å². The van der Waals surface area contributed by atoms with E-state index in [1.165, 1.54) is 0 Å². The third-order valence-corrected chi connectivity index (χ3v) is 1.74. The molecule has 1 amide bonds. The Morgan fingerprint density at radius 3 is 2.29 bits per heavy atom. The summed E-state index contributed by atoms with van der Waals surface area (Å²) in [4.78, 5) is 12.9. The quantitative estimate of drug-likeness (QED) is 0.604. The maximum atomic E-state index is 11.2. The van der Waals surface area contributed by atoms with Crippen molar-refractivity contribution in [2.75, 3.05) is 26.8 Å². The molecule has 14 heavy (non-hydrogen) atoms. The Hall–Kier alpha value is -0.570. The zero-order valence-electron chi connectivity index (χ0n) is 10.5. The fraction of sp³-hybridized carbons (Fsp3) is 0.909. The molecule has 1 aliphatic heterocycles. The molecule has 1 saturated heterocycles. The van der Waals surface area contributed by atoms with E-state index < -0.39 is 0 Å². The number of nitrogens with zero attached hydrogens (tertiary/aromatic N) is 1. The van der Waals surface area contributed by atoms with E-state index in [9.17, 15) is 4.79 Å². The van der Waals surface area contributed by atoms with Crippen molar-refractivity contribution in [1.29, 1.82) is 0 Å². The van der Waals surface area contributed by atoms with Gasteiger partial charge in [0.25, 0.3) is 0 Å².